The fourth-order valence-corrected chi connectivity index (χ4v) is 7.92. The van der Waals surface area contributed by atoms with Crippen molar-refractivity contribution in [2.45, 2.75) is 73.7 Å². The molecule has 1 aromatic heterocycles. The number of likely N-dealkylation sites (tertiary alicyclic amines) is 1. The van der Waals surface area contributed by atoms with Gasteiger partial charge in [-0.05, 0) is 50.3 Å². The highest BCUT2D eigenvalue weighted by Crippen LogP contribution is 2.44. The summed E-state index contributed by atoms with van der Waals surface area (Å²) in [4.78, 5) is 55.2. The van der Waals surface area contributed by atoms with Crippen LogP contribution in [0.1, 0.15) is 68.3 Å². The van der Waals surface area contributed by atoms with Crippen LogP contribution >= 0.6 is 0 Å². The Bertz CT molecular complexity index is 1650. The van der Waals surface area contributed by atoms with E-state index in [9.17, 15) is 23.4 Å². The van der Waals surface area contributed by atoms with Gasteiger partial charge in [0, 0.05) is 47.5 Å². The highest BCUT2D eigenvalue weighted by atomic mass is 32.2. The second-order valence-corrected chi connectivity index (χ2v) is 13.3. The van der Waals surface area contributed by atoms with Crippen molar-refractivity contribution < 1.29 is 23.4 Å². The summed E-state index contributed by atoms with van der Waals surface area (Å²) in [6.07, 6.45) is 8.55. The second-order valence-electron chi connectivity index (χ2n) is 11.8. The van der Waals surface area contributed by atoms with E-state index in [0.29, 0.717) is 44.9 Å². The Kier molecular flexibility index (Phi) is 6.11. The van der Waals surface area contributed by atoms with Crippen LogP contribution in [0.25, 0.3) is 10.8 Å². The summed E-state index contributed by atoms with van der Waals surface area (Å²) in [5, 5.41) is 8.23. The number of anilines is 1. The van der Waals surface area contributed by atoms with Gasteiger partial charge in [0.2, 0.25) is 17.7 Å². The monoisotopic (exact) mass is 573 g/mol. The molecule has 3 aliphatic heterocycles. The third kappa shape index (κ3) is 4.12. The quantitative estimate of drug-likeness (QED) is 0.468. The zero-order valence-electron chi connectivity index (χ0n) is 22.8. The van der Waals surface area contributed by atoms with Crippen molar-refractivity contribution in [3.8, 4) is 0 Å². The first-order valence-electron chi connectivity index (χ1n) is 14.2. The zero-order valence-corrected chi connectivity index (χ0v) is 23.6. The summed E-state index contributed by atoms with van der Waals surface area (Å²) in [5.74, 6) is -0.852. The molecule has 2 aromatic carbocycles. The number of carbonyl (C=O) groups excluding carboxylic acids is 4. The number of aromatic nitrogens is 2. The van der Waals surface area contributed by atoms with E-state index in [2.05, 4.69) is 17.3 Å². The molecule has 4 aliphatic rings. The molecule has 2 atom stereocenters. The fourth-order valence-electron chi connectivity index (χ4n) is 6.76. The van der Waals surface area contributed by atoms with Crippen LogP contribution in [0.2, 0.25) is 0 Å². The zero-order chi connectivity index (χ0) is 28.5. The lowest BCUT2D eigenvalue weighted by Gasteiger charge is -2.43. The van der Waals surface area contributed by atoms with Crippen LogP contribution in [0.15, 0.2) is 52.5 Å². The third-order valence-corrected chi connectivity index (χ3v) is 10.7. The van der Waals surface area contributed by atoms with Crippen LogP contribution in [0.3, 0.4) is 0 Å². The average molecular weight is 574 g/mol. The molecule has 1 N–H and O–H groups in total. The predicted octanol–water partition coefficient (Wildman–Crippen LogP) is 3.32. The van der Waals surface area contributed by atoms with E-state index >= 15 is 0 Å². The largest absolute Gasteiger partial charge is 0.342 e. The first-order valence-corrected chi connectivity index (χ1v) is 15.4. The molecule has 10 nitrogen and oxygen atoms in total. The number of imide groups is 1. The molecule has 2 unspecified atom stereocenters. The Morgan fingerprint density at radius 2 is 1.85 bits per heavy atom. The summed E-state index contributed by atoms with van der Waals surface area (Å²) >= 11 is 0. The van der Waals surface area contributed by atoms with Crippen LogP contribution in [0, 0.1) is 5.41 Å². The molecule has 1 aliphatic carbocycles. The van der Waals surface area contributed by atoms with Crippen LogP contribution in [0.5, 0.6) is 0 Å². The van der Waals surface area contributed by atoms with Crippen LogP contribution in [-0.4, -0.2) is 61.6 Å². The average Bonchev–Trinajstić information content (AvgIpc) is 3.56. The van der Waals surface area contributed by atoms with E-state index in [-0.39, 0.29) is 42.0 Å². The number of carbonyl (C=O) groups is 4. The van der Waals surface area contributed by atoms with Gasteiger partial charge in [-0.3, -0.25) is 34.1 Å². The number of benzene rings is 2. The Morgan fingerprint density at radius 1 is 1.07 bits per heavy atom. The van der Waals surface area contributed by atoms with Crippen molar-refractivity contribution in [1.29, 1.82) is 0 Å². The van der Waals surface area contributed by atoms with Gasteiger partial charge in [0.1, 0.15) is 6.04 Å². The number of rotatable bonds is 5. The lowest BCUT2D eigenvalue weighted by Crippen LogP contribution is -2.53. The highest BCUT2D eigenvalue weighted by Gasteiger charge is 2.43. The molecule has 2 saturated heterocycles. The lowest BCUT2D eigenvalue weighted by atomic mass is 9.69. The first kappa shape index (κ1) is 26.1. The van der Waals surface area contributed by atoms with Gasteiger partial charge in [0.25, 0.3) is 5.91 Å². The van der Waals surface area contributed by atoms with Gasteiger partial charge < -0.3 is 4.90 Å². The van der Waals surface area contributed by atoms with Gasteiger partial charge in [-0.1, -0.05) is 25.5 Å². The first-order chi connectivity index (χ1) is 19.7. The maximum absolute atomic E-state index is 13.8. The Labute approximate surface area is 239 Å². The smallest absolute Gasteiger partial charge is 0.259 e. The molecule has 4 heterocycles. The molecule has 7 rings (SSSR count). The van der Waals surface area contributed by atoms with Crippen LogP contribution < -0.4 is 10.2 Å². The van der Waals surface area contributed by atoms with E-state index in [1.54, 1.807) is 30.5 Å². The van der Waals surface area contributed by atoms with Crippen molar-refractivity contribution >= 4 is 50.9 Å². The number of hydrogen-bond acceptors (Lipinski definition) is 6. The van der Waals surface area contributed by atoms with Crippen molar-refractivity contribution in [2.24, 2.45) is 5.41 Å². The molecule has 0 radical (unpaired) electrons. The predicted molar refractivity (Wildman–Crippen MR) is 151 cm³/mol. The summed E-state index contributed by atoms with van der Waals surface area (Å²) < 4.78 is 15.7. The lowest BCUT2D eigenvalue weighted by molar-refractivity contribution is -0.147. The van der Waals surface area contributed by atoms with Gasteiger partial charge in [-0.25, -0.2) is 4.21 Å². The number of amides is 4. The molecule has 212 valence electrons. The van der Waals surface area contributed by atoms with E-state index < -0.39 is 22.7 Å². The molecule has 4 amide bonds. The van der Waals surface area contributed by atoms with Crippen LogP contribution in [0.4, 0.5) is 5.69 Å². The van der Waals surface area contributed by atoms with Gasteiger partial charge >= 0.3 is 0 Å². The number of piperidine rings is 2. The minimum absolute atomic E-state index is 0.131. The molecule has 3 aromatic rings. The van der Waals surface area contributed by atoms with E-state index in [0.717, 1.165) is 32.1 Å². The standard InChI is InChI=1S/C30H31N5O5S/c1-30(12-3-13-30)29(39)33-14-10-18(11-15-33)34-17-19(16-31-34)41(40)24-8-6-22-26-20(24)4-2-5-21(26)28(38)35(22)23-7-9-25(36)32-27(23)37/h2,4-6,8,16-18,23H,3,7,9-15H2,1H3,(H,32,36,37). The molecule has 41 heavy (non-hydrogen) atoms. The van der Waals surface area contributed by atoms with Crippen molar-refractivity contribution in [1.82, 2.24) is 20.0 Å². The van der Waals surface area contributed by atoms with Gasteiger partial charge in [-0.15, -0.1) is 0 Å². The van der Waals surface area contributed by atoms with Crippen molar-refractivity contribution in [3.05, 3.63) is 48.3 Å². The Balaban J connectivity index is 1.12. The maximum atomic E-state index is 13.8. The Morgan fingerprint density at radius 3 is 2.56 bits per heavy atom. The summed E-state index contributed by atoms with van der Waals surface area (Å²) in [7, 11) is -1.55. The summed E-state index contributed by atoms with van der Waals surface area (Å²) in [5.41, 5.74) is 0.851. The summed E-state index contributed by atoms with van der Waals surface area (Å²) in [6, 6.07) is 8.17. The summed E-state index contributed by atoms with van der Waals surface area (Å²) in [6.45, 7) is 3.47. The Hall–Kier alpha value is -3.86. The number of nitrogens with one attached hydrogen (secondary N) is 1. The van der Waals surface area contributed by atoms with Gasteiger partial charge in [0.05, 0.1) is 38.5 Å². The van der Waals surface area contributed by atoms with E-state index in [1.165, 1.54) is 4.90 Å². The number of hydrogen-bond donors (Lipinski definition) is 1. The normalized spacial score (nSPS) is 23.0. The molecule has 1 saturated carbocycles. The minimum atomic E-state index is -1.55. The molecule has 0 bridgehead atoms. The van der Waals surface area contributed by atoms with E-state index in [4.69, 9.17) is 0 Å². The van der Waals surface area contributed by atoms with Crippen molar-refractivity contribution in [3.63, 3.8) is 0 Å². The molecule has 0 spiro atoms. The number of nitrogens with zero attached hydrogens (tertiary/aromatic N) is 4. The third-order valence-electron chi connectivity index (χ3n) is 9.30. The molecular weight excluding hydrogens is 542 g/mol. The van der Waals surface area contributed by atoms with Gasteiger partial charge in [-0.2, -0.15) is 5.10 Å². The molecule has 3 fully saturated rings. The van der Waals surface area contributed by atoms with Crippen LogP contribution in [-0.2, 0) is 25.2 Å². The SMILES string of the molecule is CC1(C(=O)N2CCC(n3cc(S(=O)c4ccc5c6c(cccc46)C(=O)N5C4CCC(=O)NC4=O)cn3)CC2)CCC1. The topological polar surface area (TPSA) is 122 Å². The van der Waals surface area contributed by atoms with Crippen molar-refractivity contribution in [2.75, 3.05) is 18.0 Å². The maximum Gasteiger partial charge on any atom is 0.259 e. The highest BCUT2D eigenvalue weighted by molar-refractivity contribution is 7.85. The molecule has 11 heteroatoms. The fraction of sp³-hybridized carbons (Fsp3) is 0.433. The van der Waals surface area contributed by atoms with E-state index in [1.807, 2.05) is 21.8 Å². The molecular formula is C30H31N5O5S. The second kappa shape index (κ2) is 9.61. The van der Waals surface area contributed by atoms with Gasteiger partial charge in [0.15, 0.2) is 0 Å². The minimum Gasteiger partial charge on any atom is -0.342 e.